The second kappa shape index (κ2) is 8.90. The van der Waals surface area contributed by atoms with Gasteiger partial charge < -0.3 is 9.64 Å². The largest absolute Gasteiger partial charge is 0.378 e. The summed E-state index contributed by atoms with van der Waals surface area (Å²) < 4.78 is 7.43. The molecule has 1 saturated heterocycles. The number of rotatable bonds is 5. The summed E-state index contributed by atoms with van der Waals surface area (Å²) in [6.07, 6.45) is 2.69. The zero-order valence-corrected chi connectivity index (χ0v) is 18.6. The monoisotopic (exact) mass is 437 g/mol. The van der Waals surface area contributed by atoms with Crippen LogP contribution in [0.15, 0.2) is 36.5 Å². The highest BCUT2D eigenvalue weighted by Gasteiger charge is 2.31. The summed E-state index contributed by atoms with van der Waals surface area (Å²) in [5.74, 6) is 0.0214. The lowest BCUT2D eigenvalue weighted by atomic mass is 10.0. The van der Waals surface area contributed by atoms with Crippen molar-refractivity contribution in [3.05, 3.63) is 68.9 Å². The van der Waals surface area contributed by atoms with Crippen LogP contribution in [-0.2, 0) is 30.8 Å². The second-order valence-corrected chi connectivity index (χ2v) is 9.50. The van der Waals surface area contributed by atoms with Gasteiger partial charge in [0, 0.05) is 66.4 Å². The topological polar surface area (TPSA) is 63.5 Å². The number of aromatic nitrogens is 3. The molecular weight excluding hydrogens is 410 g/mol. The van der Waals surface area contributed by atoms with E-state index in [0.717, 1.165) is 37.3 Å². The first kappa shape index (κ1) is 20.4. The van der Waals surface area contributed by atoms with Gasteiger partial charge in [-0.2, -0.15) is 5.10 Å². The molecule has 0 radical (unpaired) electrons. The van der Waals surface area contributed by atoms with Crippen LogP contribution >= 0.6 is 11.3 Å². The van der Waals surface area contributed by atoms with Crippen molar-refractivity contribution in [2.45, 2.75) is 33.0 Å². The van der Waals surface area contributed by atoms with Crippen LogP contribution in [-0.4, -0.2) is 63.3 Å². The van der Waals surface area contributed by atoms with Crippen LogP contribution in [0.2, 0.25) is 0 Å². The van der Waals surface area contributed by atoms with Crippen molar-refractivity contribution in [1.82, 2.24) is 24.6 Å². The molecule has 1 amide bonds. The summed E-state index contributed by atoms with van der Waals surface area (Å²) in [4.78, 5) is 24.8. The van der Waals surface area contributed by atoms with Crippen molar-refractivity contribution in [3.63, 3.8) is 0 Å². The third-order valence-electron chi connectivity index (χ3n) is 5.93. The molecular formula is C23H27N5O2S. The fourth-order valence-electron chi connectivity index (χ4n) is 4.34. The van der Waals surface area contributed by atoms with Gasteiger partial charge in [0.05, 0.1) is 25.5 Å². The van der Waals surface area contributed by atoms with Gasteiger partial charge in [-0.25, -0.2) is 0 Å². The summed E-state index contributed by atoms with van der Waals surface area (Å²) >= 11 is 1.84. The number of carbonyl (C=O) groups is 1. The number of carbonyl (C=O) groups excluding carboxylic acids is 1. The highest BCUT2D eigenvalue weighted by atomic mass is 32.1. The molecule has 0 atom stereocenters. The van der Waals surface area contributed by atoms with Gasteiger partial charge in [0.1, 0.15) is 0 Å². The first-order valence-electron chi connectivity index (χ1n) is 10.8. The Morgan fingerprint density at radius 1 is 1.13 bits per heavy atom. The van der Waals surface area contributed by atoms with Crippen LogP contribution in [0.4, 0.5) is 0 Å². The Hall–Kier alpha value is -2.55. The number of ether oxygens (including phenoxy) is 1. The molecule has 31 heavy (non-hydrogen) atoms. The van der Waals surface area contributed by atoms with Crippen LogP contribution in [0.25, 0.3) is 0 Å². The van der Waals surface area contributed by atoms with E-state index in [9.17, 15) is 4.79 Å². The Morgan fingerprint density at radius 3 is 2.74 bits per heavy atom. The quantitative estimate of drug-likeness (QED) is 0.614. The molecule has 0 bridgehead atoms. The molecule has 2 aliphatic rings. The molecule has 0 aliphatic carbocycles. The van der Waals surface area contributed by atoms with E-state index in [2.05, 4.69) is 28.9 Å². The molecule has 0 aromatic carbocycles. The number of morpholine rings is 1. The van der Waals surface area contributed by atoms with Gasteiger partial charge in [0.2, 0.25) is 0 Å². The van der Waals surface area contributed by atoms with Gasteiger partial charge in [-0.1, -0.05) is 6.07 Å². The fraction of sp³-hybridized carbons (Fsp3) is 0.435. The Balaban J connectivity index is 1.44. The van der Waals surface area contributed by atoms with Gasteiger partial charge in [-0.15, -0.1) is 11.3 Å². The zero-order valence-electron chi connectivity index (χ0n) is 17.8. The maximum absolute atomic E-state index is 13.4. The van der Waals surface area contributed by atoms with Gasteiger partial charge in [-0.05, 0) is 31.2 Å². The van der Waals surface area contributed by atoms with Crippen LogP contribution in [0.1, 0.15) is 37.2 Å². The average Bonchev–Trinajstić information content (AvgIpc) is 3.37. The number of nitrogens with zero attached hydrogens (tertiary/aromatic N) is 5. The maximum atomic E-state index is 13.4. The van der Waals surface area contributed by atoms with E-state index in [1.54, 1.807) is 6.20 Å². The summed E-state index contributed by atoms with van der Waals surface area (Å²) in [5.41, 5.74) is 3.79. The molecule has 162 valence electrons. The standard InChI is InChI=1S/C23H27N5O2S/c1-17-5-6-19(31-17)15-26-9-7-21-20(16-26)22(23(29)27-10-12-30-13-11-27)25-28(21)14-18-4-2-3-8-24-18/h2-6,8H,7,9-16H2,1H3. The summed E-state index contributed by atoms with van der Waals surface area (Å²) in [5, 5.41) is 4.83. The number of amides is 1. The minimum absolute atomic E-state index is 0.0214. The minimum Gasteiger partial charge on any atom is -0.378 e. The van der Waals surface area contributed by atoms with E-state index >= 15 is 0 Å². The van der Waals surface area contributed by atoms with E-state index in [1.165, 1.54) is 15.4 Å². The van der Waals surface area contributed by atoms with Crippen LogP contribution in [0.3, 0.4) is 0 Å². The number of pyridine rings is 1. The smallest absolute Gasteiger partial charge is 0.274 e. The maximum Gasteiger partial charge on any atom is 0.274 e. The van der Waals surface area contributed by atoms with Crippen molar-refractivity contribution in [2.24, 2.45) is 0 Å². The highest BCUT2D eigenvalue weighted by Crippen LogP contribution is 2.27. The SMILES string of the molecule is Cc1ccc(CN2CCc3c(c(C(=O)N4CCOCC4)nn3Cc3ccccn3)C2)s1. The Kier molecular flexibility index (Phi) is 5.85. The van der Waals surface area contributed by atoms with Crippen LogP contribution < -0.4 is 0 Å². The second-order valence-electron chi connectivity index (χ2n) is 8.13. The summed E-state index contributed by atoms with van der Waals surface area (Å²) in [7, 11) is 0. The molecule has 2 aliphatic heterocycles. The molecule has 0 unspecified atom stereocenters. The molecule has 0 spiro atoms. The number of thiophene rings is 1. The number of fused-ring (bicyclic) bond motifs is 1. The minimum atomic E-state index is 0.0214. The zero-order chi connectivity index (χ0) is 21.2. The van der Waals surface area contributed by atoms with Gasteiger partial charge >= 0.3 is 0 Å². The first-order chi connectivity index (χ1) is 15.2. The van der Waals surface area contributed by atoms with Gasteiger partial charge in [-0.3, -0.25) is 19.4 Å². The van der Waals surface area contributed by atoms with E-state index in [4.69, 9.17) is 9.84 Å². The lowest BCUT2D eigenvalue weighted by Gasteiger charge is -2.29. The van der Waals surface area contributed by atoms with E-state index in [0.29, 0.717) is 38.5 Å². The average molecular weight is 438 g/mol. The molecule has 3 aromatic rings. The van der Waals surface area contributed by atoms with Crippen molar-refractivity contribution in [3.8, 4) is 0 Å². The predicted octanol–water partition coefficient (Wildman–Crippen LogP) is 2.73. The molecule has 7 nitrogen and oxygen atoms in total. The predicted molar refractivity (Wildman–Crippen MR) is 119 cm³/mol. The fourth-order valence-corrected chi connectivity index (χ4v) is 5.27. The normalized spacial score (nSPS) is 17.0. The van der Waals surface area contributed by atoms with Gasteiger partial charge in [0.15, 0.2) is 5.69 Å². The van der Waals surface area contributed by atoms with Crippen molar-refractivity contribution in [1.29, 1.82) is 0 Å². The Morgan fingerprint density at radius 2 is 2.00 bits per heavy atom. The number of hydrogen-bond donors (Lipinski definition) is 0. The lowest BCUT2D eigenvalue weighted by Crippen LogP contribution is -2.41. The molecule has 3 aromatic heterocycles. The number of hydrogen-bond acceptors (Lipinski definition) is 6. The third kappa shape index (κ3) is 4.42. The first-order valence-corrected chi connectivity index (χ1v) is 11.6. The molecule has 8 heteroatoms. The Bertz CT molecular complexity index is 1060. The molecule has 5 heterocycles. The van der Waals surface area contributed by atoms with Crippen molar-refractivity contribution < 1.29 is 9.53 Å². The summed E-state index contributed by atoms with van der Waals surface area (Å²) in [6, 6.07) is 10.3. The molecule has 0 saturated carbocycles. The van der Waals surface area contributed by atoms with E-state index in [1.807, 2.05) is 39.1 Å². The molecule has 0 N–H and O–H groups in total. The lowest BCUT2D eigenvalue weighted by molar-refractivity contribution is 0.0297. The molecule has 5 rings (SSSR count). The van der Waals surface area contributed by atoms with E-state index in [-0.39, 0.29) is 5.91 Å². The molecule has 1 fully saturated rings. The van der Waals surface area contributed by atoms with Crippen LogP contribution in [0, 0.1) is 6.92 Å². The van der Waals surface area contributed by atoms with Gasteiger partial charge in [0.25, 0.3) is 5.91 Å². The van der Waals surface area contributed by atoms with Crippen molar-refractivity contribution >= 4 is 17.2 Å². The van der Waals surface area contributed by atoms with Crippen LogP contribution in [0.5, 0.6) is 0 Å². The highest BCUT2D eigenvalue weighted by molar-refractivity contribution is 7.11. The Labute approximate surface area is 186 Å². The third-order valence-corrected chi connectivity index (χ3v) is 6.91. The van der Waals surface area contributed by atoms with E-state index < -0.39 is 0 Å². The number of aryl methyl sites for hydroxylation is 1. The summed E-state index contributed by atoms with van der Waals surface area (Å²) in [6.45, 7) is 7.78. The van der Waals surface area contributed by atoms with Crippen molar-refractivity contribution in [2.75, 3.05) is 32.8 Å².